The summed E-state index contributed by atoms with van der Waals surface area (Å²) >= 11 is 5.85. The Morgan fingerprint density at radius 1 is 1.05 bits per heavy atom. The van der Waals surface area contributed by atoms with Crippen LogP contribution in [0.1, 0.15) is 46.7 Å². The highest BCUT2D eigenvalue weighted by Gasteiger charge is 2.25. The number of furan rings is 1. The molecule has 0 unspecified atom stereocenters. The molecule has 1 fully saturated rings. The number of halogens is 1. The smallest absolute Gasteiger partial charge is 0.356 e. The number of nitrogens with zero attached hydrogens (tertiary/aromatic N) is 3. The van der Waals surface area contributed by atoms with Gasteiger partial charge in [0, 0.05) is 32.1 Å². The summed E-state index contributed by atoms with van der Waals surface area (Å²) in [5.41, 5.74) is 0.270. The van der Waals surface area contributed by atoms with Gasteiger partial charge in [-0.15, -0.1) is 0 Å². The number of aromatic nitrogens is 2. The first-order chi connectivity index (χ1) is 18.4. The lowest BCUT2D eigenvalue weighted by Crippen LogP contribution is -2.40. The molecule has 2 N–H and O–H groups in total. The van der Waals surface area contributed by atoms with Gasteiger partial charge in [0.15, 0.2) is 5.58 Å². The van der Waals surface area contributed by atoms with Crippen molar-refractivity contribution in [2.75, 3.05) is 44.0 Å². The first-order valence-electron chi connectivity index (χ1n) is 12.0. The van der Waals surface area contributed by atoms with Crippen molar-refractivity contribution in [3.63, 3.8) is 0 Å². The van der Waals surface area contributed by atoms with Crippen LogP contribution in [-0.4, -0.2) is 72.0 Å². The summed E-state index contributed by atoms with van der Waals surface area (Å²) in [6.07, 6.45) is 2.77. The quantitative estimate of drug-likeness (QED) is 0.306. The first-order valence-corrected chi connectivity index (χ1v) is 12.3. The van der Waals surface area contributed by atoms with Crippen LogP contribution >= 0.6 is 11.6 Å². The average molecular weight is 544 g/mol. The van der Waals surface area contributed by atoms with Crippen LogP contribution in [0.3, 0.4) is 0 Å². The van der Waals surface area contributed by atoms with Crippen LogP contribution in [0.4, 0.5) is 11.5 Å². The van der Waals surface area contributed by atoms with Crippen molar-refractivity contribution in [3.05, 3.63) is 46.9 Å². The number of esters is 1. The summed E-state index contributed by atoms with van der Waals surface area (Å²) in [7, 11) is 1.22. The van der Waals surface area contributed by atoms with E-state index < -0.39 is 17.8 Å². The molecule has 200 valence electrons. The molecule has 1 aliphatic rings. The SMILES string of the molecule is COC(=O)c1ccc2oc(C(=O)Nc3ccc(Cl)cn3)c(NC(=O)CCCCC(=O)N3CCOCC3)c2n1. The van der Waals surface area contributed by atoms with Crippen LogP contribution in [0.2, 0.25) is 5.02 Å². The Bertz CT molecular complexity index is 1340. The third kappa shape index (κ3) is 6.64. The molecule has 38 heavy (non-hydrogen) atoms. The highest BCUT2D eigenvalue weighted by molar-refractivity contribution is 6.30. The van der Waals surface area contributed by atoms with Gasteiger partial charge in [-0.3, -0.25) is 14.4 Å². The maximum Gasteiger partial charge on any atom is 0.356 e. The van der Waals surface area contributed by atoms with E-state index in [1.54, 1.807) is 11.0 Å². The predicted octanol–water partition coefficient (Wildman–Crippen LogP) is 3.27. The van der Waals surface area contributed by atoms with Crippen molar-refractivity contribution >= 4 is 57.9 Å². The largest absolute Gasteiger partial charge is 0.464 e. The number of morpholine rings is 1. The predicted molar refractivity (Wildman–Crippen MR) is 137 cm³/mol. The molecule has 3 aromatic rings. The van der Waals surface area contributed by atoms with Crippen molar-refractivity contribution in [1.82, 2.24) is 14.9 Å². The summed E-state index contributed by atoms with van der Waals surface area (Å²) in [6, 6.07) is 5.91. The Balaban J connectivity index is 1.47. The van der Waals surface area contributed by atoms with Crippen molar-refractivity contribution < 1.29 is 33.1 Å². The summed E-state index contributed by atoms with van der Waals surface area (Å²) < 4.78 is 15.7. The Morgan fingerprint density at radius 2 is 1.82 bits per heavy atom. The number of fused-ring (bicyclic) bond motifs is 1. The van der Waals surface area contributed by atoms with Crippen molar-refractivity contribution in [2.24, 2.45) is 0 Å². The molecular weight excluding hydrogens is 518 g/mol. The van der Waals surface area contributed by atoms with E-state index in [1.807, 2.05) is 0 Å². The zero-order valence-electron chi connectivity index (χ0n) is 20.6. The number of pyridine rings is 2. The third-order valence-electron chi connectivity index (χ3n) is 5.78. The second-order valence-electron chi connectivity index (χ2n) is 8.41. The number of anilines is 2. The minimum absolute atomic E-state index is 0.00612. The number of hydrogen-bond donors (Lipinski definition) is 2. The maximum absolute atomic E-state index is 13.0. The summed E-state index contributed by atoms with van der Waals surface area (Å²) in [4.78, 5) is 60.2. The van der Waals surface area contributed by atoms with Crippen LogP contribution in [0.25, 0.3) is 11.1 Å². The Labute approximate surface area is 222 Å². The Kier molecular flexibility index (Phi) is 8.87. The fourth-order valence-electron chi connectivity index (χ4n) is 3.83. The number of amides is 3. The number of carbonyl (C=O) groups is 4. The molecule has 0 spiro atoms. The van der Waals surface area contributed by atoms with Crippen molar-refractivity contribution in [1.29, 1.82) is 0 Å². The van der Waals surface area contributed by atoms with Gasteiger partial charge in [-0.2, -0.15) is 0 Å². The zero-order chi connectivity index (χ0) is 27.1. The van der Waals surface area contributed by atoms with E-state index in [4.69, 9.17) is 25.5 Å². The van der Waals surface area contributed by atoms with Gasteiger partial charge in [-0.1, -0.05) is 11.6 Å². The fourth-order valence-corrected chi connectivity index (χ4v) is 3.94. The lowest BCUT2D eigenvalue weighted by atomic mass is 10.1. The van der Waals surface area contributed by atoms with E-state index in [9.17, 15) is 19.2 Å². The van der Waals surface area contributed by atoms with E-state index in [0.717, 1.165) is 0 Å². The van der Waals surface area contributed by atoms with E-state index in [2.05, 4.69) is 20.6 Å². The maximum atomic E-state index is 13.0. The van der Waals surface area contributed by atoms with Crippen LogP contribution in [0.5, 0.6) is 0 Å². The number of rotatable bonds is 9. The van der Waals surface area contributed by atoms with Crippen molar-refractivity contribution in [3.8, 4) is 0 Å². The molecule has 0 aliphatic carbocycles. The van der Waals surface area contributed by atoms with Gasteiger partial charge in [0.1, 0.15) is 22.7 Å². The van der Waals surface area contributed by atoms with Gasteiger partial charge in [0.05, 0.1) is 25.3 Å². The minimum Gasteiger partial charge on any atom is -0.464 e. The van der Waals surface area contributed by atoms with Gasteiger partial charge in [0.2, 0.25) is 17.6 Å². The Hall–Kier alpha value is -4.03. The van der Waals surface area contributed by atoms with Gasteiger partial charge >= 0.3 is 5.97 Å². The summed E-state index contributed by atoms with van der Waals surface area (Å²) in [6.45, 7) is 2.21. The lowest BCUT2D eigenvalue weighted by molar-refractivity contribution is -0.135. The van der Waals surface area contributed by atoms with Crippen LogP contribution in [0, 0.1) is 0 Å². The van der Waals surface area contributed by atoms with Gasteiger partial charge in [0.25, 0.3) is 5.91 Å². The van der Waals surface area contributed by atoms with E-state index in [1.165, 1.54) is 31.5 Å². The second kappa shape index (κ2) is 12.5. The third-order valence-corrected chi connectivity index (χ3v) is 6.00. The van der Waals surface area contributed by atoms with Crippen molar-refractivity contribution in [2.45, 2.75) is 25.7 Å². The highest BCUT2D eigenvalue weighted by atomic mass is 35.5. The summed E-state index contributed by atoms with van der Waals surface area (Å²) in [5.74, 6) is -1.76. The van der Waals surface area contributed by atoms with Gasteiger partial charge in [-0.25, -0.2) is 14.8 Å². The highest BCUT2D eigenvalue weighted by Crippen LogP contribution is 2.31. The molecule has 0 saturated carbocycles. The van der Waals surface area contributed by atoms with Gasteiger partial charge < -0.3 is 29.4 Å². The van der Waals surface area contributed by atoms with Crippen LogP contribution in [0.15, 0.2) is 34.9 Å². The molecule has 0 atom stereocenters. The molecule has 4 rings (SSSR count). The van der Waals surface area contributed by atoms with E-state index in [0.29, 0.717) is 50.6 Å². The average Bonchev–Trinajstić information content (AvgIpc) is 3.29. The lowest BCUT2D eigenvalue weighted by Gasteiger charge is -2.26. The van der Waals surface area contributed by atoms with Crippen LogP contribution in [-0.2, 0) is 19.1 Å². The molecule has 0 aromatic carbocycles. The standard InChI is InChI=1S/C25H26ClN5O7/c1-36-25(35)16-7-8-17-21(28-16)22(23(38-17)24(34)29-18-9-6-15(26)14-27-18)30-19(32)4-2-3-5-20(33)31-10-12-37-13-11-31/h6-9,14H,2-5,10-13H2,1H3,(H,30,32)(H,27,29,34). The normalized spacial score (nSPS) is 13.3. The summed E-state index contributed by atoms with van der Waals surface area (Å²) in [5, 5.41) is 5.66. The number of nitrogens with one attached hydrogen (secondary N) is 2. The zero-order valence-corrected chi connectivity index (χ0v) is 21.4. The molecule has 1 saturated heterocycles. The molecule has 0 radical (unpaired) electrons. The number of unbranched alkanes of at least 4 members (excludes halogenated alkanes) is 1. The molecule has 3 amide bonds. The monoisotopic (exact) mass is 543 g/mol. The number of methoxy groups -OCH3 is 1. The Morgan fingerprint density at radius 3 is 2.53 bits per heavy atom. The topological polar surface area (TPSA) is 153 Å². The van der Waals surface area contributed by atoms with E-state index >= 15 is 0 Å². The molecule has 0 bridgehead atoms. The fraction of sp³-hybridized carbons (Fsp3) is 0.360. The number of hydrogen-bond acceptors (Lipinski definition) is 9. The molecule has 3 aromatic heterocycles. The molecule has 12 nitrogen and oxygen atoms in total. The second-order valence-corrected chi connectivity index (χ2v) is 8.84. The number of ether oxygens (including phenoxy) is 2. The molecule has 13 heteroatoms. The van der Waals surface area contributed by atoms with Crippen LogP contribution < -0.4 is 10.6 Å². The number of carbonyl (C=O) groups excluding carboxylic acids is 4. The minimum atomic E-state index is -0.691. The molecule has 4 heterocycles. The van der Waals surface area contributed by atoms with Gasteiger partial charge in [-0.05, 0) is 37.1 Å². The molecule has 1 aliphatic heterocycles. The van der Waals surface area contributed by atoms with E-state index in [-0.39, 0.29) is 46.4 Å². The first kappa shape index (κ1) is 27.0. The molecular formula is C25H26ClN5O7.